The zero-order valence-electron chi connectivity index (χ0n) is 19.1. The molecule has 1 aliphatic carbocycles. The van der Waals surface area contributed by atoms with E-state index in [0.717, 1.165) is 12.1 Å². The van der Waals surface area contributed by atoms with Gasteiger partial charge >= 0.3 is 6.18 Å². The number of nitriles is 1. The van der Waals surface area contributed by atoms with Crippen LogP contribution >= 0.6 is 15.9 Å². The molecule has 0 radical (unpaired) electrons. The van der Waals surface area contributed by atoms with Crippen molar-refractivity contribution in [2.75, 3.05) is 11.4 Å². The molecule has 1 aliphatic heterocycles. The number of anilines is 1. The number of rotatable bonds is 5. The Bertz CT molecular complexity index is 1270. The summed E-state index contributed by atoms with van der Waals surface area (Å²) in [6, 6.07) is 6.02. The number of benzene rings is 1. The number of aromatic nitrogens is 1. The van der Waals surface area contributed by atoms with Crippen LogP contribution in [-0.4, -0.2) is 34.9 Å². The summed E-state index contributed by atoms with van der Waals surface area (Å²) < 4.78 is 54.3. The molecule has 36 heavy (non-hydrogen) atoms. The van der Waals surface area contributed by atoms with Gasteiger partial charge in [-0.2, -0.15) is 18.4 Å². The molecule has 0 bridgehead atoms. The summed E-state index contributed by atoms with van der Waals surface area (Å²) >= 11 is 3.22. The first-order valence-corrected chi connectivity index (χ1v) is 12.0. The summed E-state index contributed by atoms with van der Waals surface area (Å²) in [5, 5.41) is 12.1. The molecule has 7 nitrogen and oxygen atoms in total. The summed E-state index contributed by atoms with van der Waals surface area (Å²) in [6.07, 6.45) is -3.33. The molecule has 12 heteroatoms. The number of nitrogens with two attached hydrogens (primary N) is 1. The van der Waals surface area contributed by atoms with Gasteiger partial charge < -0.3 is 16.0 Å². The van der Waals surface area contributed by atoms with E-state index in [-0.39, 0.29) is 42.1 Å². The summed E-state index contributed by atoms with van der Waals surface area (Å²) in [4.78, 5) is 31.3. The van der Waals surface area contributed by atoms with Crippen molar-refractivity contribution in [2.24, 2.45) is 5.73 Å². The lowest BCUT2D eigenvalue weighted by atomic mass is 9.82. The predicted octanol–water partition coefficient (Wildman–Crippen LogP) is 4.39. The number of piperidine rings is 1. The summed E-state index contributed by atoms with van der Waals surface area (Å²) in [6.45, 7) is 1.91. The molecule has 0 spiro atoms. The largest absolute Gasteiger partial charge is 0.433 e. The highest BCUT2D eigenvalue weighted by Gasteiger charge is 2.46. The molecule has 2 amide bonds. The van der Waals surface area contributed by atoms with Gasteiger partial charge in [0.25, 0.3) is 5.91 Å². The number of amides is 2. The van der Waals surface area contributed by atoms with Crippen LogP contribution in [0.25, 0.3) is 0 Å². The standard InChI is InChI=1S/C24H22BrF4N5O2/c1-12-10-23(22(31)36,6-7-34(12)18-9-14(25)8-17(26)16(18)11-30)33-21(35)15-4-5-19(24(27,28)29)32-20(15)13-2-3-13/h4-5,8-9,12-13H,2-3,6-7,10H2,1H3,(H2,31,36)(H,33,35)/t12-,23+/m0/s1. The van der Waals surface area contributed by atoms with Crippen LogP contribution in [0.4, 0.5) is 23.2 Å². The van der Waals surface area contributed by atoms with E-state index in [4.69, 9.17) is 5.73 Å². The molecule has 2 aliphatic rings. The van der Waals surface area contributed by atoms with Crippen molar-refractivity contribution in [1.29, 1.82) is 5.26 Å². The van der Waals surface area contributed by atoms with Gasteiger partial charge in [-0.15, -0.1) is 0 Å². The van der Waals surface area contributed by atoms with Gasteiger partial charge in [0.05, 0.1) is 16.9 Å². The number of carbonyl (C=O) groups is 2. The third kappa shape index (κ3) is 4.89. The third-order valence-electron chi connectivity index (χ3n) is 6.66. The average molecular weight is 568 g/mol. The maximum absolute atomic E-state index is 14.4. The number of alkyl halides is 3. The summed E-state index contributed by atoms with van der Waals surface area (Å²) in [7, 11) is 0. The van der Waals surface area contributed by atoms with E-state index in [1.54, 1.807) is 17.9 Å². The molecule has 1 saturated carbocycles. The molecule has 2 aromatic rings. The Kier molecular flexibility index (Phi) is 6.72. The van der Waals surface area contributed by atoms with Gasteiger partial charge in [0.2, 0.25) is 5.91 Å². The summed E-state index contributed by atoms with van der Waals surface area (Å²) in [5.74, 6) is -2.48. The Morgan fingerprint density at radius 1 is 1.31 bits per heavy atom. The van der Waals surface area contributed by atoms with Gasteiger partial charge in [-0.1, -0.05) is 15.9 Å². The van der Waals surface area contributed by atoms with Gasteiger partial charge in [-0.25, -0.2) is 9.37 Å². The molecule has 1 aromatic heterocycles. The van der Waals surface area contributed by atoms with Crippen LogP contribution in [0.3, 0.4) is 0 Å². The highest BCUT2D eigenvalue weighted by Crippen LogP contribution is 2.42. The van der Waals surface area contributed by atoms with Crippen molar-refractivity contribution >= 4 is 33.4 Å². The highest BCUT2D eigenvalue weighted by molar-refractivity contribution is 9.10. The number of halogens is 5. The van der Waals surface area contributed by atoms with Crippen LogP contribution in [0.1, 0.15) is 65.8 Å². The minimum absolute atomic E-state index is 0.0259. The van der Waals surface area contributed by atoms with Gasteiger partial charge in [0.1, 0.15) is 28.7 Å². The lowest BCUT2D eigenvalue weighted by molar-refractivity contribution is -0.141. The van der Waals surface area contributed by atoms with Crippen molar-refractivity contribution in [3.05, 3.63) is 57.1 Å². The fraction of sp³-hybridized carbons (Fsp3) is 0.417. The van der Waals surface area contributed by atoms with E-state index in [1.165, 1.54) is 6.07 Å². The monoisotopic (exact) mass is 567 g/mol. The quantitative estimate of drug-likeness (QED) is 0.520. The first-order valence-electron chi connectivity index (χ1n) is 11.2. The van der Waals surface area contributed by atoms with E-state index in [9.17, 15) is 32.4 Å². The highest BCUT2D eigenvalue weighted by atomic mass is 79.9. The van der Waals surface area contributed by atoms with Crippen molar-refractivity contribution in [2.45, 2.75) is 56.3 Å². The first-order chi connectivity index (χ1) is 16.9. The van der Waals surface area contributed by atoms with Gasteiger partial charge in [-0.3, -0.25) is 9.59 Å². The maximum atomic E-state index is 14.4. The molecule has 0 unspecified atom stereocenters. The van der Waals surface area contributed by atoms with Crippen LogP contribution in [0.2, 0.25) is 0 Å². The number of hydrogen-bond acceptors (Lipinski definition) is 5. The topological polar surface area (TPSA) is 112 Å². The molecule has 190 valence electrons. The van der Waals surface area contributed by atoms with Crippen LogP contribution < -0.4 is 16.0 Å². The van der Waals surface area contributed by atoms with Crippen LogP contribution in [0.5, 0.6) is 0 Å². The van der Waals surface area contributed by atoms with Crippen LogP contribution in [0.15, 0.2) is 28.7 Å². The number of nitrogens with zero attached hydrogens (tertiary/aromatic N) is 3. The SMILES string of the molecule is C[C@H]1C[C@@](NC(=O)c2ccc(C(F)(F)F)nc2C2CC2)(C(N)=O)CCN1c1cc(Br)cc(F)c1C#N. The van der Waals surface area contributed by atoms with E-state index >= 15 is 0 Å². The van der Waals surface area contributed by atoms with Gasteiger partial charge in [0, 0.05) is 23.0 Å². The van der Waals surface area contributed by atoms with Gasteiger partial charge in [0.15, 0.2) is 0 Å². The second-order valence-electron chi connectivity index (χ2n) is 9.19. The minimum atomic E-state index is -4.65. The Hall–Kier alpha value is -3.20. The first kappa shape index (κ1) is 25.9. The molecular formula is C24H22BrF4N5O2. The summed E-state index contributed by atoms with van der Waals surface area (Å²) in [5.41, 5.74) is 3.36. The number of primary amides is 1. The fourth-order valence-electron chi connectivity index (χ4n) is 4.68. The Labute approximate surface area is 212 Å². The number of nitrogens with one attached hydrogen (secondary N) is 1. The maximum Gasteiger partial charge on any atom is 0.433 e. The predicted molar refractivity (Wildman–Crippen MR) is 125 cm³/mol. The number of carbonyl (C=O) groups excluding carboxylic acids is 2. The zero-order valence-corrected chi connectivity index (χ0v) is 20.7. The molecule has 2 heterocycles. The van der Waals surface area contributed by atoms with Crippen molar-refractivity contribution in [3.8, 4) is 6.07 Å². The Morgan fingerprint density at radius 2 is 2.00 bits per heavy atom. The molecule has 4 rings (SSSR count). The van der Waals surface area contributed by atoms with Gasteiger partial charge in [-0.05, 0) is 56.9 Å². The molecule has 1 aromatic carbocycles. The van der Waals surface area contributed by atoms with E-state index in [1.807, 2.05) is 6.07 Å². The van der Waals surface area contributed by atoms with E-state index < -0.39 is 41.1 Å². The normalized spacial score (nSPS) is 22.1. The van der Waals surface area contributed by atoms with Crippen LogP contribution in [0, 0.1) is 17.1 Å². The Morgan fingerprint density at radius 3 is 2.56 bits per heavy atom. The van der Waals surface area contributed by atoms with E-state index in [2.05, 4.69) is 26.2 Å². The van der Waals surface area contributed by atoms with E-state index in [0.29, 0.717) is 23.0 Å². The smallest absolute Gasteiger partial charge is 0.368 e. The van der Waals surface area contributed by atoms with Crippen LogP contribution in [-0.2, 0) is 11.0 Å². The number of pyridine rings is 1. The molecule has 2 atom stereocenters. The van der Waals surface area contributed by atoms with Crippen molar-refractivity contribution in [1.82, 2.24) is 10.3 Å². The fourth-order valence-corrected chi connectivity index (χ4v) is 5.10. The third-order valence-corrected chi connectivity index (χ3v) is 7.12. The minimum Gasteiger partial charge on any atom is -0.368 e. The second-order valence-corrected chi connectivity index (χ2v) is 10.1. The average Bonchev–Trinajstić information content (AvgIpc) is 3.63. The number of hydrogen-bond donors (Lipinski definition) is 2. The Balaban J connectivity index is 1.61. The lowest BCUT2D eigenvalue weighted by Gasteiger charge is -2.45. The molecule has 1 saturated heterocycles. The van der Waals surface area contributed by atoms with Crippen molar-refractivity contribution < 1.29 is 27.2 Å². The second kappa shape index (κ2) is 9.35. The molecular weight excluding hydrogens is 546 g/mol. The lowest BCUT2D eigenvalue weighted by Crippen LogP contribution is -2.64. The zero-order chi connectivity index (χ0) is 26.4. The molecule has 2 fully saturated rings. The van der Waals surface area contributed by atoms with Crippen molar-refractivity contribution in [3.63, 3.8) is 0 Å². The molecule has 3 N–H and O–H groups in total.